The molecule has 54 valence electrons. The van der Waals surface area contributed by atoms with Crippen molar-refractivity contribution in [2.45, 2.75) is 6.92 Å². The van der Waals surface area contributed by atoms with Gasteiger partial charge in [-0.2, -0.15) is 5.26 Å². The highest BCUT2D eigenvalue weighted by Crippen LogP contribution is 1.79. The summed E-state index contributed by atoms with van der Waals surface area (Å²) in [7, 11) is 0. The fourth-order valence-corrected chi connectivity index (χ4v) is 0.253. The van der Waals surface area contributed by atoms with Gasteiger partial charge in [-0.1, -0.05) is 5.16 Å². The van der Waals surface area contributed by atoms with Gasteiger partial charge in [-0.3, -0.25) is 4.79 Å². The summed E-state index contributed by atoms with van der Waals surface area (Å²) in [6.07, 6.45) is 0. The summed E-state index contributed by atoms with van der Waals surface area (Å²) in [6.45, 7) is 0.925. The Bertz CT molecular complexity index is 192. The van der Waals surface area contributed by atoms with Crippen LogP contribution in [0.4, 0.5) is 0 Å². The number of rotatable bonds is 2. The lowest BCUT2D eigenvalue weighted by atomic mass is 10.4. The maximum atomic E-state index is 10.1. The van der Waals surface area contributed by atoms with Gasteiger partial charge in [0.1, 0.15) is 12.7 Å². The molecular formula is C5H6N2O3. The van der Waals surface area contributed by atoms with Gasteiger partial charge in [0, 0.05) is 6.92 Å². The zero-order chi connectivity index (χ0) is 7.98. The van der Waals surface area contributed by atoms with E-state index in [9.17, 15) is 4.79 Å². The molecule has 0 aromatic carbocycles. The van der Waals surface area contributed by atoms with Crippen molar-refractivity contribution in [3.05, 3.63) is 0 Å². The quantitative estimate of drug-likeness (QED) is 0.252. The number of nitriles is 1. The molecule has 10 heavy (non-hydrogen) atoms. The molecule has 0 amide bonds. The van der Waals surface area contributed by atoms with Gasteiger partial charge in [0.05, 0.1) is 0 Å². The van der Waals surface area contributed by atoms with E-state index in [4.69, 9.17) is 10.5 Å². The van der Waals surface area contributed by atoms with Crippen LogP contribution in [0.15, 0.2) is 5.16 Å². The van der Waals surface area contributed by atoms with Crippen molar-refractivity contribution in [3.63, 3.8) is 0 Å². The Balaban J connectivity index is 3.70. The zero-order valence-corrected chi connectivity index (χ0v) is 5.37. The Morgan fingerprint density at radius 2 is 2.50 bits per heavy atom. The van der Waals surface area contributed by atoms with E-state index in [0.29, 0.717) is 0 Å². The van der Waals surface area contributed by atoms with Gasteiger partial charge in [0.15, 0.2) is 5.71 Å². The van der Waals surface area contributed by atoms with Gasteiger partial charge in [-0.15, -0.1) is 0 Å². The average molecular weight is 142 g/mol. The number of oxime groups is 1. The van der Waals surface area contributed by atoms with Gasteiger partial charge >= 0.3 is 5.97 Å². The van der Waals surface area contributed by atoms with Gasteiger partial charge in [-0.05, 0) is 0 Å². The summed E-state index contributed by atoms with van der Waals surface area (Å²) >= 11 is 0. The Kier molecular flexibility index (Phi) is 3.64. The standard InChI is InChI=1S/C5H6N2O3/c1-4(8)10-3-5(2-6)7-9/h9H,3H2,1H3. The van der Waals surface area contributed by atoms with Crippen LogP contribution in [0.1, 0.15) is 6.92 Å². The Morgan fingerprint density at radius 3 is 2.80 bits per heavy atom. The third-order valence-corrected chi connectivity index (χ3v) is 0.662. The van der Waals surface area contributed by atoms with Crippen molar-refractivity contribution in [2.75, 3.05) is 6.61 Å². The van der Waals surface area contributed by atoms with Gasteiger partial charge < -0.3 is 9.94 Å². The van der Waals surface area contributed by atoms with Crippen LogP contribution >= 0.6 is 0 Å². The van der Waals surface area contributed by atoms with Crippen molar-refractivity contribution < 1.29 is 14.7 Å². The molecule has 0 spiro atoms. The molecule has 0 aromatic heterocycles. The number of carbonyl (C=O) groups excluding carboxylic acids is 1. The zero-order valence-electron chi connectivity index (χ0n) is 5.37. The largest absolute Gasteiger partial charge is 0.458 e. The fraction of sp³-hybridized carbons (Fsp3) is 0.400. The SMILES string of the molecule is CC(=O)OCC(C#N)=NO. The summed E-state index contributed by atoms with van der Waals surface area (Å²) in [5.41, 5.74) is -0.227. The third kappa shape index (κ3) is 3.43. The van der Waals surface area contributed by atoms with E-state index in [2.05, 4.69) is 9.89 Å². The second kappa shape index (κ2) is 4.32. The minimum absolute atomic E-state index is 0.227. The highest BCUT2D eigenvalue weighted by Gasteiger charge is 1.99. The number of carbonyl (C=O) groups is 1. The van der Waals surface area contributed by atoms with Crippen LogP contribution in [0.25, 0.3) is 0 Å². The summed E-state index contributed by atoms with van der Waals surface area (Å²) in [4.78, 5) is 10.1. The van der Waals surface area contributed by atoms with Crippen molar-refractivity contribution >= 4 is 11.7 Å². The van der Waals surface area contributed by atoms with E-state index >= 15 is 0 Å². The molecule has 0 heterocycles. The first kappa shape index (κ1) is 8.43. The predicted molar refractivity (Wildman–Crippen MR) is 31.5 cm³/mol. The molecule has 0 aliphatic rings. The maximum Gasteiger partial charge on any atom is 0.303 e. The lowest BCUT2D eigenvalue weighted by molar-refractivity contribution is -0.139. The number of nitrogens with zero attached hydrogens (tertiary/aromatic N) is 2. The van der Waals surface area contributed by atoms with E-state index in [1.807, 2.05) is 0 Å². The van der Waals surface area contributed by atoms with Crippen molar-refractivity contribution in [1.29, 1.82) is 5.26 Å². The molecule has 5 heteroatoms. The summed E-state index contributed by atoms with van der Waals surface area (Å²) in [6, 6.07) is 1.53. The molecule has 0 aliphatic heterocycles. The molecular weight excluding hydrogens is 136 g/mol. The van der Waals surface area contributed by atoms with Crippen LogP contribution in [0, 0.1) is 11.3 Å². The second-order valence-electron chi connectivity index (χ2n) is 1.44. The van der Waals surface area contributed by atoms with Crippen LogP contribution < -0.4 is 0 Å². The smallest absolute Gasteiger partial charge is 0.303 e. The fourth-order valence-electron chi connectivity index (χ4n) is 0.253. The first-order valence-corrected chi connectivity index (χ1v) is 2.45. The first-order valence-electron chi connectivity index (χ1n) is 2.45. The topological polar surface area (TPSA) is 82.7 Å². The van der Waals surface area contributed by atoms with Crippen LogP contribution in [-0.4, -0.2) is 23.5 Å². The van der Waals surface area contributed by atoms with Crippen molar-refractivity contribution in [2.24, 2.45) is 5.16 Å². The highest BCUT2D eigenvalue weighted by atomic mass is 16.5. The summed E-state index contributed by atoms with van der Waals surface area (Å²) < 4.78 is 4.33. The molecule has 5 nitrogen and oxygen atoms in total. The minimum atomic E-state index is -0.517. The number of ether oxygens (including phenoxy) is 1. The van der Waals surface area contributed by atoms with Crippen LogP contribution in [0.5, 0.6) is 0 Å². The van der Waals surface area contributed by atoms with Crippen LogP contribution in [-0.2, 0) is 9.53 Å². The van der Waals surface area contributed by atoms with E-state index in [-0.39, 0.29) is 12.3 Å². The molecule has 0 saturated carbocycles. The second-order valence-corrected chi connectivity index (χ2v) is 1.44. The van der Waals surface area contributed by atoms with E-state index in [1.54, 1.807) is 0 Å². The molecule has 0 aliphatic carbocycles. The Morgan fingerprint density at radius 1 is 1.90 bits per heavy atom. The highest BCUT2D eigenvalue weighted by molar-refractivity contribution is 5.99. The van der Waals surface area contributed by atoms with E-state index in [1.165, 1.54) is 13.0 Å². The van der Waals surface area contributed by atoms with Crippen molar-refractivity contribution in [1.82, 2.24) is 0 Å². The van der Waals surface area contributed by atoms with Gasteiger partial charge in [0.2, 0.25) is 0 Å². The Labute approximate surface area is 57.5 Å². The third-order valence-electron chi connectivity index (χ3n) is 0.662. The Hall–Kier alpha value is -1.57. The number of hydrogen-bond acceptors (Lipinski definition) is 5. The van der Waals surface area contributed by atoms with E-state index in [0.717, 1.165) is 0 Å². The first-order chi connectivity index (χ1) is 4.70. The van der Waals surface area contributed by atoms with E-state index < -0.39 is 5.97 Å². The minimum Gasteiger partial charge on any atom is -0.458 e. The molecule has 0 atom stereocenters. The van der Waals surface area contributed by atoms with Crippen LogP contribution in [0.2, 0.25) is 0 Å². The van der Waals surface area contributed by atoms with Crippen molar-refractivity contribution in [3.8, 4) is 6.07 Å². The molecule has 1 N–H and O–H groups in total. The molecule has 0 radical (unpaired) electrons. The lowest BCUT2D eigenvalue weighted by Gasteiger charge is -1.94. The number of esters is 1. The monoisotopic (exact) mass is 142 g/mol. The summed E-state index contributed by atoms with van der Waals surface area (Å²) in [5.74, 6) is -0.517. The molecule has 0 bridgehead atoms. The molecule has 0 fully saturated rings. The molecule has 0 rings (SSSR count). The normalized spacial score (nSPS) is 10.2. The lowest BCUT2D eigenvalue weighted by Crippen LogP contribution is -2.09. The predicted octanol–water partition coefficient (Wildman–Crippen LogP) is -0.0967. The maximum absolute atomic E-state index is 10.1. The number of hydrogen-bond donors (Lipinski definition) is 1. The molecule has 0 saturated heterocycles. The van der Waals surface area contributed by atoms with Gasteiger partial charge in [-0.25, -0.2) is 0 Å². The molecule has 0 unspecified atom stereocenters. The van der Waals surface area contributed by atoms with Crippen LogP contribution in [0.3, 0.4) is 0 Å². The summed E-state index contributed by atoms with van der Waals surface area (Å²) in [5, 5.41) is 18.7. The molecule has 0 aromatic rings. The van der Waals surface area contributed by atoms with Gasteiger partial charge in [0.25, 0.3) is 0 Å². The average Bonchev–Trinajstić information content (AvgIpc) is 1.90.